The van der Waals surface area contributed by atoms with Gasteiger partial charge in [-0.25, -0.2) is 0 Å². The van der Waals surface area contributed by atoms with Crippen LogP contribution in [-0.2, 0) is 14.3 Å². The smallest absolute Gasteiger partial charge is 0.312 e. The number of aliphatic hydroxyl groups is 2. The van der Waals surface area contributed by atoms with Crippen LogP contribution in [0, 0.1) is 34.0 Å². The van der Waals surface area contributed by atoms with Gasteiger partial charge in [0.2, 0.25) is 0 Å². The topological polar surface area (TPSA) is 104 Å². The molecule has 0 heterocycles. The molecule has 4 aliphatic carbocycles. The van der Waals surface area contributed by atoms with Crippen LogP contribution in [0.25, 0.3) is 0 Å². The summed E-state index contributed by atoms with van der Waals surface area (Å²) in [7, 11) is 0. The van der Waals surface area contributed by atoms with E-state index < -0.39 is 23.1 Å². The van der Waals surface area contributed by atoms with Gasteiger partial charge in [-0.1, -0.05) is 6.92 Å². The summed E-state index contributed by atoms with van der Waals surface area (Å²) in [6.07, 6.45) is 5.55. The van der Waals surface area contributed by atoms with Crippen molar-refractivity contribution in [2.24, 2.45) is 34.0 Å². The van der Waals surface area contributed by atoms with Gasteiger partial charge < -0.3 is 20.1 Å². The average Bonchev–Trinajstić information content (AvgIpc) is 2.98. The van der Waals surface area contributed by atoms with E-state index >= 15 is 0 Å². The Kier molecular flexibility index (Phi) is 4.45. The molecular formula is C22H34O6. The Morgan fingerprint density at radius 3 is 2.43 bits per heavy atom. The number of aliphatic hydroxyl groups excluding tert-OH is 1. The van der Waals surface area contributed by atoms with E-state index in [1.165, 1.54) is 6.92 Å². The molecule has 0 aliphatic heterocycles. The van der Waals surface area contributed by atoms with Crippen LogP contribution >= 0.6 is 0 Å². The predicted octanol–water partition coefficient (Wildman–Crippen LogP) is 2.75. The molecule has 28 heavy (non-hydrogen) atoms. The SMILES string of the molecule is CC(=O)OC[C@@]1(O)CC[C@]23C[C@H]1C[C@@H]2CC[C@H]1[C@](C)(C(=O)O)[C@H](O)CC[C@@]13C. The first-order valence-electron chi connectivity index (χ1n) is 10.8. The Labute approximate surface area is 166 Å². The Morgan fingerprint density at radius 1 is 1.07 bits per heavy atom. The lowest BCUT2D eigenvalue weighted by atomic mass is 9.39. The number of carboxylic acid groups (broad SMARTS) is 1. The highest BCUT2D eigenvalue weighted by Crippen LogP contribution is 2.75. The normalized spacial score (nSPS) is 52.5. The molecule has 4 aliphatic rings. The van der Waals surface area contributed by atoms with E-state index in [1.54, 1.807) is 6.92 Å². The third-order valence-corrected chi connectivity index (χ3v) is 9.77. The van der Waals surface area contributed by atoms with Gasteiger partial charge in [-0.05, 0) is 86.9 Å². The van der Waals surface area contributed by atoms with Crippen LogP contribution in [0.3, 0.4) is 0 Å². The number of ether oxygens (including phenoxy) is 1. The van der Waals surface area contributed by atoms with Crippen molar-refractivity contribution in [3.8, 4) is 0 Å². The number of rotatable bonds is 3. The summed E-state index contributed by atoms with van der Waals surface area (Å²) in [5.41, 5.74) is -2.22. The molecule has 2 bridgehead atoms. The number of fused-ring (bicyclic) bond motifs is 2. The summed E-state index contributed by atoms with van der Waals surface area (Å²) in [5, 5.41) is 31.9. The van der Waals surface area contributed by atoms with Gasteiger partial charge in [0.25, 0.3) is 0 Å². The van der Waals surface area contributed by atoms with Gasteiger partial charge >= 0.3 is 11.9 Å². The first kappa shape index (κ1) is 20.1. The molecule has 6 nitrogen and oxygen atoms in total. The average molecular weight is 395 g/mol. The molecular weight excluding hydrogens is 360 g/mol. The summed E-state index contributed by atoms with van der Waals surface area (Å²) >= 11 is 0. The van der Waals surface area contributed by atoms with Crippen molar-refractivity contribution >= 4 is 11.9 Å². The Hall–Kier alpha value is -1.14. The Morgan fingerprint density at radius 2 is 1.79 bits per heavy atom. The first-order valence-corrected chi connectivity index (χ1v) is 10.8. The number of carboxylic acids is 1. The van der Waals surface area contributed by atoms with E-state index in [4.69, 9.17) is 4.74 Å². The van der Waals surface area contributed by atoms with Gasteiger partial charge in [0.1, 0.15) is 12.2 Å². The number of aliphatic carboxylic acids is 1. The summed E-state index contributed by atoms with van der Waals surface area (Å²) in [6.45, 7) is 5.43. The molecule has 1 spiro atoms. The molecule has 6 heteroatoms. The van der Waals surface area contributed by atoms with Gasteiger partial charge in [-0.3, -0.25) is 9.59 Å². The van der Waals surface area contributed by atoms with Crippen molar-refractivity contribution in [2.45, 2.75) is 83.8 Å². The molecule has 0 amide bonds. The molecule has 0 aromatic carbocycles. The fraction of sp³-hybridized carbons (Fsp3) is 0.909. The Balaban J connectivity index is 1.68. The molecule has 8 atom stereocenters. The molecule has 0 unspecified atom stereocenters. The van der Waals surface area contributed by atoms with Crippen LogP contribution < -0.4 is 0 Å². The summed E-state index contributed by atoms with van der Waals surface area (Å²) in [4.78, 5) is 23.5. The van der Waals surface area contributed by atoms with Crippen LogP contribution in [-0.4, -0.2) is 45.6 Å². The number of hydrogen-bond acceptors (Lipinski definition) is 5. The van der Waals surface area contributed by atoms with Crippen LogP contribution in [0.4, 0.5) is 0 Å². The number of hydrogen-bond donors (Lipinski definition) is 3. The molecule has 158 valence electrons. The molecule has 0 saturated heterocycles. The predicted molar refractivity (Wildman–Crippen MR) is 101 cm³/mol. The zero-order valence-electron chi connectivity index (χ0n) is 17.2. The lowest BCUT2D eigenvalue weighted by molar-refractivity contribution is -0.218. The largest absolute Gasteiger partial charge is 0.481 e. The van der Waals surface area contributed by atoms with Crippen LogP contribution in [0.5, 0.6) is 0 Å². The maximum absolute atomic E-state index is 12.3. The second kappa shape index (κ2) is 6.18. The number of carbonyl (C=O) groups excluding carboxylic acids is 1. The minimum absolute atomic E-state index is 0.0138. The quantitative estimate of drug-likeness (QED) is 0.636. The van der Waals surface area contributed by atoms with Gasteiger partial charge in [-0.15, -0.1) is 0 Å². The van der Waals surface area contributed by atoms with Crippen molar-refractivity contribution < 1.29 is 29.6 Å². The van der Waals surface area contributed by atoms with Crippen molar-refractivity contribution in [3.63, 3.8) is 0 Å². The monoisotopic (exact) mass is 394 g/mol. The maximum Gasteiger partial charge on any atom is 0.312 e. The molecule has 0 aromatic rings. The fourth-order valence-electron chi connectivity index (χ4n) is 8.09. The fourth-order valence-corrected chi connectivity index (χ4v) is 8.09. The van der Waals surface area contributed by atoms with Gasteiger partial charge in [0.15, 0.2) is 0 Å². The molecule has 0 aromatic heterocycles. The molecule has 3 N–H and O–H groups in total. The second-order valence-electron chi connectivity index (χ2n) is 10.6. The molecule has 4 saturated carbocycles. The summed E-state index contributed by atoms with van der Waals surface area (Å²) in [5.74, 6) is -0.754. The number of carbonyl (C=O) groups is 2. The summed E-state index contributed by atoms with van der Waals surface area (Å²) in [6, 6.07) is 0. The lowest BCUT2D eigenvalue weighted by Crippen LogP contribution is -2.64. The van der Waals surface area contributed by atoms with Gasteiger partial charge in [0.05, 0.1) is 11.5 Å². The van der Waals surface area contributed by atoms with E-state index in [-0.39, 0.29) is 35.2 Å². The summed E-state index contributed by atoms with van der Waals surface area (Å²) < 4.78 is 5.20. The van der Waals surface area contributed by atoms with Crippen molar-refractivity contribution in [3.05, 3.63) is 0 Å². The van der Waals surface area contributed by atoms with Gasteiger partial charge in [-0.2, -0.15) is 0 Å². The minimum atomic E-state index is -1.11. The van der Waals surface area contributed by atoms with Crippen molar-refractivity contribution in [1.82, 2.24) is 0 Å². The zero-order valence-corrected chi connectivity index (χ0v) is 17.2. The molecule has 4 fully saturated rings. The van der Waals surface area contributed by atoms with Gasteiger partial charge in [0, 0.05) is 6.92 Å². The minimum Gasteiger partial charge on any atom is -0.481 e. The second-order valence-corrected chi connectivity index (χ2v) is 10.6. The van der Waals surface area contributed by atoms with E-state index in [9.17, 15) is 24.9 Å². The maximum atomic E-state index is 12.3. The van der Waals surface area contributed by atoms with Crippen molar-refractivity contribution in [1.29, 1.82) is 0 Å². The zero-order chi connectivity index (χ0) is 20.5. The molecule has 0 radical (unpaired) electrons. The highest BCUT2D eigenvalue weighted by atomic mass is 16.5. The van der Waals surface area contributed by atoms with E-state index in [0.29, 0.717) is 18.8 Å². The van der Waals surface area contributed by atoms with Crippen LogP contribution in [0.15, 0.2) is 0 Å². The Bertz CT molecular complexity index is 693. The number of esters is 1. The third kappa shape index (κ3) is 2.40. The molecule has 4 rings (SSSR count). The highest BCUT2D eigenvalue weighted by Gasteiger charge is 2.71. The standard InChI is InChI=1S/C22H34O6/c1-13(23)28-12-22(27)9-8-21-11-15(22)10-14(21)4-5-16-19(21,2)7-6-17(24)20(16,3)18(25)26/h14-17,24,27H,4-12H2,1-3H3,(H,25,26)/t14-,15+,16+,17+,19-,20-,21-,22-/m0/s1. The first-order chi connectivity index (χ1) is 13.0. The van der Waals surface area contributed by atoms with E-state index in [1.807, 2.05) is 0 Å². The lowest BCUT2D eigenvalue weighted by Gasteiger charge is -2.65. The third-order valence-electron chi connectivity index (χ3n) is 9.77. The van der Waals surface area contributed by atoms with Crippen LogP contribution in [0.1, 0.15) is 72.1 Å². The van der Waals surface area contributed by atoms with Crippen LogP contribution in [0.2, 0.25) is 0 Å². The van der Waals surface area contributed by atoms with E-state index in [2.05, 4.69) is 6.92 Å². The highest BCUT2D eigenvalue weighted by molar-refractivity contribution is 5.76. The van der Waals surface area contributed by atoms with E-state index in [0.717, 1.165) is 38.5 Å². The van der Waals surface area contributed by atoms with Crippen molar-refractivity contribution in [2.75, 3.05) is 6.61 Å².